The highest BCUT2D eigenvalue weighted by Crippen LogP contribution is 2.07. The first kappa shape index (κ1) is 12.8. The quantitative estimate of drug-likeness (QED) is 0.685. The number of amides is 1. The van der Waals surface area contributed by atoms with Gasteiger partial charge in [-0.3, -0.25) is 9.69 Å². The predicted octanol–water partition coefficient (Wildman–Crippen LogP) is -0.254. The molecule has 4 nitrogen and oxygen atoms in total. The monoisotopic (exact) mass is 231 g/mol. The zero-order valence-electron chi connectivity index (χ0n) is 9.37. The SMILES string of the molecule is CC(CN)C(=O)NCCN1CCSCC1. The first-order valence-electron chi connectivity index (χ1n) is 5.52. The summed E-state index contributed by atoms with van der Waals surface area (Å²) in [6.07, 6.45) is 0. The molecule has 1 rings (SSSR count). The minimum atomic E-state index is -0.0677. The highest BCUT2D eigenvalue weighted by Gasteiger charge is 2.12. The van der Waals surface area contributed by atoms with Gasteiger partial charge in [-0.15, -0.1) is 0 Å². The number of hydrogen-bond donors (Lipinski definition) is 2. The summed E-state index contributed by atoms with van der Waals surface area (Å²) in [5.41, 5.74) is 5.41. The van der Waals surface area contributed by atoms with Crippen molar-refractivity contribution in [2.45, 2.75) is 6.92 Å². The number of thioether (sulfide) groups is 1. The maximum Gasteiger partial charge on any atom is 0.224 e. The van der Waals surface area contributed by atoms with Crippen LogP contribution in [0.5, 0.6) is 0 Å². The molecule has 1 unspecified atom stereocenters. The normalized spacial score (nSPS) is 19.9. The maximum atomic E-state index is 11.4. The molecule has 1 heterocycles. The standard InChI is InChI=1S/C10H21N3OS/c1-9(8-11)10(14)12-2-3-13-4-6-15-7-5-13/h9H,2-8,11H2,1H3,(H,12,14). The highest BCUT2D eigenvalue weighted by atomic mass is 32.2. The number of carbonyl (C=O) groups is 1. The third-order valence-electron chi connectivity index (χ3n) is 2.63. The van der Waals surface area contributed by atoms with Gasteiger partial charge in [-0.25, -0.2) is 0 Å². The summed E-state index contributed by atoms with van der Waals surface area (Å²) >= 11 is 2.00. The Kier molecular flexibility index (Phi) is 6.05. The Morgan fingerprint density at radius 1 is 1.53 bits per heavy atom. The van der Waals surface area contributed by atoms with Crippen LogP contribution in [0.1, 0.15) is 6.92 Å². The lowest BCUT2D eigenvalue weighted by molar-refractivity contribution is -0.124. The van der Waals surface area contributed by atoms with Crippen LogP contribution in [-0.4, -0.2) is 55.0 Å². The minimum Gasteiger partial charge on any atom is -0.355 e. The van der Waals surface area contributed by atoms with Crippen molar-refractivity contribution in [1.29, 1.82) is 0 Å². The molecule has 0 spiro atoms. The predicted molar refractivity (Wildman–Crippen MR) is 65.0 cm³/mol. The van der Waals surface area contributed by atoms with E-state index in [0.717, 1.165) is 26.2 Å². The third kappa shape index (κ3) is 4.86. The molecule has 0 aromatic heterocycles. The van der Waals surface area contributed by atoms with E-state index in [1.54, 1.807) is 0 Å². The Bertz CT molecular complexity index is 195. The van der Waals surface area contributed by atoms with Crippen LogP contribution in [0.3, 0.4) is 0 Å². The Morgan fingerprint density at radius 3 is 2.80 bits per heavy atom. The first-order chi connectivity index (χ1) is 7.24. The van der Waals surface area contributed by atoms with Gasteiger partial charge in [0.2, 0.25) is 5.91 Å². The molecule has 1 saturated heterocycles. The summed E-state index contributed by atoms with van der Waals surface area (Å²) in [5, 5.41) is 2.91. The average molecular weight is 231 g/mol. The zero-order chi connectivity index (χ0) is 11.1. The Labute approximate surface area is 96.0 Å². The topological polar surface area (TPSA) is 58.4 Å². The van der Waals surface area contributed by atoms with Crippen molar-refractivity contribution in [2.75, 3.05) is 44.2 Å². The van der Waals surface area contributed by atoms with Gasteiger partial charge in [0.15, 0.2) is 0 Å². The number of carbonyl (C=O) groups excluding carboxylic acids is 1. The zero-order valence-corrected chi connectivity index (χ0v) is 10.2. The van der Waals surface area contributed by atoms with Crippen molar-refractivity contribution in [2.24, 2.45) is 11.7 Å². The van der Waals surface area contributed by atoms with Gasteiger partial charge in [0, 0.05) is 50.1 Å². The van der Waals surface area contributed by atoms with Crippen LogP contribution in [0.2, 0.25) is 0 Å². The molecule has 0 aliphatic carbocycles. The van der Waals surface area contributed by atoms with Crippen LogP contribution in [-0.2, 0) is 4.79 Å². The molecule has 0 radical (unpaired) electrons. The number of hydrogen-bond acceptors (Lipinski definition) is 4. The van der Waals surface area contributed by atoms with Crippen molar-refractivity contribution >= 4 is 17.7 Å². The summed E-state index contributed by atoms with van der Waals surface area (Å²) in [6, 6.07) is 0. The lowest BCUT2D eigenvalue weighted by atomic mass is 10.2. The molecule has 5 heteroatoms. The molecule has 0 aromatic carbocycles. The van der Waals surface area contributed by atoms with Crippen molar-refractivity contribution in [3.05, 3.63) is 0 Å². The fourth-order valence-corrected chi connectivity index (χ4v) is 2.42. The fourth-order valence-electron chi connectivity index (χ4n) is 1.44. The van der Waals surface area contributed by atoms with Crippen LogP contribution in [0.25, 0.3) is 0 Å². The molecule has 88 valence electrons. The largest absolute Gasteiger partial charge is 0.355 e. The molecule has 1 amide bonds. The number of nitrogens with one attached hydrogen (secondary N) is 1. The summed E-state index contributed by atoms with van der Waals surface area (Å²) in [6.45, 7) is 6.27. The van der Waals surface area contributed by atoms with Gasteiger partial charge in [0.1, 0.15) is 0 Å². The third-order valence-corrected chi connectivity index (χ3v) is 3.57. The highest BCUT2D eigenvalue weighted by molar-refractivity contribution is 7.99. The van der Waals surface area contributed by atoms with Gasteiger partial charge in [-0.2, -0.15) is 11.8 Å². The van der Waals surface area contributed by atoms with E-state index in [2.05, 4.69) is 10.2 Å². The second kappa shape index (κ2) is 7.09. The molecule has 0 saturated carbocycles. The van der Waals surface area contributed by atoms with Crippen LogP contribution in [0.4, 0.5) is 0 Å². The van der Waals surface area contributed by atoms with Gasteiger partial charge < -0.3 is 11.1 Å². The van der Waals surface area contributed by atoms with Gasteiger partial charge >= 0.3 is 0 Å². The van der Waals surface area contributed by atoms with Crippen molar-refractivity contribution in [3.63, 3.8) is 0 Å². The lowest BCUT2D eigenvalue weighted by Gasteiger charge is -2.26. The number of nitrogens with zero attached hydrogens (tertiary/aromatic N) is 1. The molecule has 0 bridgehead atoms. The smallest absolute Gasteiger partial charge is 0.224 e. The van der Waals surface area contributed by atoms with Crippen molar-refractivity contribution in [3.8, 4) is 0 Å². The first-order valence-corrected chi connectivity index (χ1v) is 6.67. The molecular weight excluding hydrogens is 210 g/mol. The Morgan fingerprint density at radius 2 is 2.20 bits per heavy atom. The van der Waals surface area contributed by atoms with E-state index >= 15 is 0 Å². The van der Waals surface area contributed by atoms with Crippen LogP contribution in [0, 0.1) is 5.92 Å². The van der Waals surface area contributed by atoms with Crippen molar-refractivity contribution in [1.82, 2.24) is 10.2 Å². The minimum absolute atomic E-state index is 0.0677. The molecule has 1 aliphatic heterocycles. The maximum absolute atomic E-state index is 11.4. The van der Waals surface area contributed by atoms with Gasteiger partial charge in [-0.05, 0) is 0 Å². The Hall–Kier alpha value is -0.260. The second-order valence-corrected chi connectivity index (χ2v) is 5.11. The molecule has 0 aromatic rings. The van der Waals surface area contributed by atoms with Crippen molar-refractivity contribution < 1.29 is 4.79 Å². The van der Waals surface area contributed by atoms with E-state index in [1.165, 1.54) is 11.5 Å². The van der Waals surface area contributed by atoms with E-state index < -0.39 is 0 Å². The molecule has 1 fully saturated rings. The average Bonchev–Trinajstić information content (AvgIpc) is 2.29. The lowest BCUT2D eigenvalue weighted by Crippen LogP contribution is -2.41. The summed E-state index contributed by atoms with van der Waals surface area (Å²) in [5.74, 6) is 2.44. The molecule has 15 heavy (non-hydrogen) atoms. The molecule has 1 aliphatic rings. The van der Waals surface area contributed by atoms with Gasteiger partial charge in [0.25, 0.3) is 0 Å². The molecular formula is C10H21N3OS. The van der Waals surface area contributed by atoms with E-state index in [4.69, 9.17) is 5.73 Å². The second-order valence-electron chi connectivity index (χ2n) is 3.88. The Balaban J connectivity index is 2.07. The summed E-state index contributed by atoms with van der Waals surface area (Å²) < 4.78 is 0. The van der Waals surface area contributed by atoms with E-state index in [9.17, 15) is 4.79 Å². The number of nitrogens with two attached hydrogens (primary N) is 1. The number of rotatable bonds is 5. The van der Waals surface area contributed by atoms with Crippen LogP contribution in [0.15, 0.2) is 0 Å². The van der Waals surface area contributed by atoms with Crippen LogP contribution < -0.4 is 11.1 Å². The summed E-state index contributed by atoms with van der Waals surface area (Å²) in [7, 11) is 0. The van der Waals surface area contributed by atoms with Gasteiger partial charge in [0.05, 0.1) is 0 Å². The molecule has 1 atom stereocenters. The van der Waals surface area contributed by atoms with Crippen LogP contribution >= 0.6 is 11.8 Å². The molecule has 3 N–H and O–H groups in total. The van der Waals surface area contributed by atoms with E-state index in [0.29, 0.717) is 6.54 Å². The van der Waals surface area contributed by atoms with Gasteiger partial charge in [-0.1, -0.05) is 6.92 Å². The fraction of sp³-hybridized carbons (Fsp3) is 0.900. The van der Waals surface area contributed by atoms with E-state index in [-0.39, 0.29) is 11.8 Å². The summed E-state index contributed by atoms with van der Waals surface area (Å²) in [4.78, 5) is 13.8. The van der Waals surface area contributed by atoms with E-state index in [1.807, 2.05) is 18.7 Å².